The largest absolute Gasteiger partial charge is 0.337 e. The average molecular weight is 145 g/mol. The fourth-order valence-electron chi connectivity index (χ4n) is 0.760. The molecular formula is C6H9ClN2. The molecule has 0 aliphatic heterocycles. The number of aryl methyl sites for hydroxylation is 1. The molecule has 0 fully saturated rings. The Hall–Kier alpha value is -0.500. The summed E-state index contributed by atoms with van der Waals surface area (Å²) in [6.45, 7) is 1.91. The Labute approximate surface area is 59.5 Å². The summed E-state index contributed by atoms with van der Waals surface area (Å²) in [7, 11) is 1.93. The van der Waals surface area contributed by atoms with E-state index in [1.807, 2.05) is 24.7 Å². The van der Waals surface area contributed by atoms with Gasteiger partial charge in [0.1, 0.15) is 5.82 Å². The van der Waals surface area contributed by atoms with Crippen LogP contribution in [0.5, 0.6) is 0 Å². The van der Waals surface area contributed by atoms with E-state index in [1.54, 1.807) is 6.20 Å². The van der Waals surface area contributed by atoms with Crippen molar-refractivity contribution in [2.45, 2.75) is 12.3 Å². The van der Waals surface area contributed by atoms with Gasteiger partial charge in [-0.05, 0) is 6.92 Å². The van der Waals surface area contributed by atoms with Gasteiger partial charge in [0.05, 0.1) is 5.38 Å². The van der Waals surface area contributed by atoms with Gasteiger partial charge in [-0.15, -0.1) is 11.6 Å². The van der Waals surface area contributed by atoms with E-state index in [2.05, 4.69) is 4.98 Å². The quantitative estimate of drug-likeness (QED) is 0.549. The zero-order valence-electron chi connectivity index (χ0n) is 5.50. The van der Waals surface area contributed by atoms with Gasteiger partial charge in [0, 0.05) is 19.4 Å². The molecule has 0 aliphatic rings. The van der Waals surface area contributed by atoms with Gasteiger partial charge in [-0.2, -0.15) is 0 Å². The zero-order valence-corrected chi connectivity index (χ0v) is 6.26. The first kappa shape index (κ1) is 6.62. The van der Waals surface area contributed by atoms with Crippen LogP contribution in [0.25, 0.3) is 0 Å². The molecule has 1 aromatic heterocycles. The van der Waals surface area contributed by atoms with Crippen LogP contribution in [-0.4, -0.2) is 9.55 Å². The SMILES string of the molecule is CC(Cl)c1nccn1C. The molecular weight excluding hydrogens is 136 g/mol. The number of alkyl halides is 1. The molecule has 50 valence electrons. The fourth-order valence-corrected chi connectivity index (χ4v) is 0.971. The number of hydrogen-bond acceptors (Lipinski definition) is 1. The molecule has 9 heavy (non-hydrogen) atoms. The third kappa shape index (κ3) is 1.24. The lowest BCUT2D eigenvalue weighted by molar-refractivity contribution is 0.792. The third-order valence-corrected chi connectivity index (χ3v) is 1.41. The van der Waals surface area contributed by atoms with E-state index in [0.29, 0.717) is 0 Å². The minimum atomic E-state index is 0.00463. The number of rotatable bonds is 1. The Morgan fingerprint density at radius 2 is 2.44 bits per heavy atom. The number of halogens is 1. The number of imidazole rings is 1. The van der Waals surface area contributed by atoms with Crippen molar-refractivity contribution in [1.82, 2.24) is 9.55 Å². The molecule has 1 rings (SSSR count). The molecule has 1 heterocycles. The van der Waals surface area contributed by atoms with Gasteiger partial charge in [-0.25, -0.2) is 4.98 Å². The molecule has 1 aromatic rings. The third-order valence-electron chi connectivity index (χ3n) is 1.21. The topological polar surface area (TPSA) is 17.8 Å². The number of hydrogen-bond donors (Lipinski definition) is 0. The smallest absolute Gasteiger partial charge is 0.126 e. The molecule has 3 heteroatoms. The van der Waals surface area contributed by atoms with Gasteiger partial charge in [-0.3, -0.25) is 0 Å². The molecule has 1 unspecified atom stereocenters. The predicted molar refractivity (Wildman–Crippen MR) is 37.5 cm³/mol. The maximum atomic E-state index is 5.77. The molecule has 0 amide bonds. The van der Waals surface area contributed by atoms with Crippen LogP contribution in [0.15, 0.2) is 12.4 Å². The second kappa shape index (κ2) is 2.40. The summed E-state index contributed by atoms with van der Waals surface area (Å²) in [5.74, 6) is 0.914. The van der Waals surface area contributed by atoms with Gasteiger partial charge < -0.3 is 4.57 Å². The Morgan fingerprint density at radius 3 is 2.67 bits per heavy atom. The van der Waals surface area contributed by atoms with Crippen LogP contribution in [0.2, 0.25) is 0 Å². The summed E-state index contributed by atoms with van der Waals surface area (Å²) < 4.78 is 1.91. The van der Waals surface area contributed by atoms with Crippen molar-refractivity contribution >= 4 is 11.6 Å². The molecule has 0 bridgehead atoms. The van der Waals surface area contributed by atoms with Crippen LogP contribution in [0, 0.1) is 0 Å². The summed E-state index contributed by atoms with van der Waals surface area (Å²) in [6, 6.07) is 0. The fraction of sp³-hybridized carbons (Fsp3) is 0.500. The van der Waals surface area contributed by atoms with E-state index in [1.165, 1.54) is 0 Å². The van der Waals surface area contributed by atoms with Gasteiger partial charge >= 0.3 is 0 Å². The second-order valence-corrected chi connectivity index (χ2v) is 2.67. The number of aromatic nitrogens is 2. The maximum Gasteiger partial charge on any atom is 0.126 e. The van der Waals surface area contributed by atoms with Gasteiger partial charge in [-0.1, -0.05) is 0 Å². The lowest BCUT2D eigenvalue weighted by atomic mass is 10.4. The Morgan fingerprint density at radius 1 is 1.78 bits per heavy atom. The van der Waals surface area contributed by atoms with Crippen LogP contribution in [0.1, 0.15) is 18.1 Å². The van der Waals surface area contributed by atoms with Crippen LogP contribution < -0.4 is 0 Å². The van der Waals surface area contributed by atoms with Crippen molar-refractivity contribution < 1.29 is 0 Å². The van der Waals surface area contributed by atoms with Gasteiger partial charge in [0.15, 0.2) is 0 Å². The van der Waals surface area contributed by atoms with E-state index in [4.69, 9.17) is 11.6 Å². The molecule has 0 saturated heterocycles. The molecule has 0 radical (unpaired) electrons. The van der Waals surface area contributed by atoms with Crippen molar-refractivity contribution in [2.24, 2.45) is 7.05 Å². The highest BCUT2D eigenvalue weighted by Gasteiger charge is 2.03. The van der Waals surface area contributed by atoms with E-state index >= 15 is 0 Å². The molecule has 2 nitrogen and oxygen atoms in total. The highest BCUT2D eigenvalue weighted by atomic mass is 35.5. The van der Waals surface area contributed by atoms with Crippen molar-refractivity contribution in [1.29, 1.82) is 0 Å². The van der Waals surface area contributed by atoms with Crippen molar-refractivity contribution in [2.75, 3.05) is 0 Å². The van der Waals surface area contributed by atoms with Gasteiger partial charge in [0.25, 0.3) is 0 Å². The van der Waals surface area contributed by atoms with Crippen LogP contribution in [-0.2, 0) is 7.05 Å². The highest BCUT2D eigenvalue weighted by molar-refractivity contribution is 6.20. The normalized spacial score (nSPS) is 13.7. The van der Waals surface area contributed by atoms with Crippen LogP contribution in [0.3, 0.4) is 0 Å². The number of nitrogens with zero attached hydrogens (tertiary/aromatic N) is 2. The van der Waals surface area contributed by atoms with Crippen molar-refractivity contribution in [3.8, 4) is 0 Å². The summed E-state index contributed by atoms with van der Waals surface area (Å²) in [4.78, 5) is 4.05. The molecule has 0 aromatic carbocycles. The highest BCUT2D eigenvalue weighted by Crippen LogP contribution is 2.15. The zero-order chi connectivity index (χ0) is 6.85. The van der Waals surface area contributed by atoms with Crippen LogP contribution >= 0.6 is 11.6 Å². The standard InChI is InChI=1S/C6H9ClN2/c1-5(7)6-8-3-4-9(6)2/h3-5H,1-2H3. The van der Waals surface area contributed by atoms with Gasteiger partial charge in [0.2, 0.25) is 0 Å². The maximum absolute atomic E-state index is 5.77. The lowest BCUT2D eigenvalue weighted by Gasteiger charge is -2.00. The predicted octanol–water partition coefficient (Wildman–Crippen LogP) is 1.72. The van der Waals surface area contributed by atoms with Crippen molar-refractivity contribution in [3.05, 3.63) is 18.2 Å². The first-order valence-electron chi connectivity index (χ1n) is 2.83. The minimum absolute atomic E-state index is 0.00463. The molecule has 1 atom stereocenters. The second-order valence-electron chi connectivity index (χ2n) is 2.01. The molecule has 0 aliphatic carbocycles. The monoisotopic (exact) mass is 144 g/mol. The first-order valence-corrected chi connectivity index (χ1v) is 3.26. The first-order chi connectivity index (χ1) is 4.22. The van der Waals surface area contributed by atoms with E-state index in [0.717, 1.165) is 5.82 Å². The average Bonchev–Trinajstić information content (AvgIpc) is 2.13. The Balaban J connectivity index is 2.94. The van der Waals surface area contributed by atoms with Crippen LogP contribution in [0.4, 0.5) is 0 Å². The molecule has 0 saturated carbocycles. The minimum Gasteiger partial charge on any atom is -0.337 e. The summed E-state index contributed by atoms with van der Waals surface area (Å²) in [5, 5.41) is 0.00463. The Bertz CT molecular complexity index is 193. The van der Waals surface area contributed by atoms with E-state index in [9.17, 15) is 0 Å². The summed E-state index contributed by atoms with van der Waals surface area (Å²) in [6.07, 6.45) is 3.63. The lowest BCUT2D eigenvalue weighted by Crippen LogP contribution is -1.96. The summed E-state index contributed by atoms with van der Waals surface area (Å²) in [5.41, 5.74) is 0. The van der Waals surface area contributed by atoms with E-state index < -0.39 is 0 Å². The molecule has 0 spiro atoms. The van der Waals surface area contributed by atoms with Crippen molar-refractivity contribution in [3.63, 3.8) is 0 Å². The van der Waals surface area contributed by atoms with E-state index in [-0.39, 0.29) is 5.38 Å². The molecule has 0 N–H and O–H groups in total. The summed E-state index contributed by atoms with van der Waals surface area (Å²) >= 11 is 5.77. The Kier molecular flexibility index (Phi) is 1.76.